The molecule has 2 nitrogen and oxygen atoms in total. The maximum atomic E-state index is 12.3. The standard InChI is InChI=1S/C8H4F3IN2/c9-8(10,11)7-13-5-3-1-2-4(12)6(5)14-7/h1-3H,(H,13,14). The Hall–Kier alpha value is -0.790. The second-order valence-electron chi connectivity index (χ2n) is 2.72. The van der Waals surface area contributed by atoms with Crippen LogP contribution in [0, 0.1) is 3.57 Å². The second-order valence-corrected chi connectivity index (χ2v) is 3.88. The number of hydrogen-bond donors (Lipinski definition) is 1. The number of nitrogens with zero attached hydrogens (tertiary/aromatic N) is 1. The fraction of sp³-hybridized carbons (Fsp3) is 0.125. The molecule has 0 spiro atoms. The van der Waals surface area contributed by atoms with Crippen molar-refractivity contribution < 1.29 is 13.2 Å². The Kier molecular flexibility index (Phi) is 2.17. The highest BCUT2D eigenvalue weighted by Gasteiger charge is 2.34. The predicted octanol–water partition coefficient (Wildman–Crippen LogP) is 3.19. The predicted molar refractivity (Wildman–Crippen MR) is 53.8 cm³/mol. The zero-order valence-electron chi connectivity index (χ0n) is 6.69. The average Bonchev–Trinajstić information content (AvgIpc) is 2.48. The Balaban J connectivity index is 2.69. The van der Waals surface area contributed by atoms with Crippen LogP contribution in [0.3, 0.4) is 0 Å². The lowest BCUT2D eigenvalue weighted by Crippen LogP contribution is -2.06. The maximum Gasteiger partial charge on any atom is 0.449 e. The summed E-state index contributed by atoms with van der Waals surface area (Å²) in [7, 11) is 0. The van der Waals surface area contributed by atoms with Gasteiger partial charge in [-0.15, -0.1) is 0 Å². The van der Waals surface area contributed by atoms with Crippen molar-refractivity contribution in [3.05, 3.63) is 27.6 Å². The summed E-state index contributed by atoms with van der Waals surface area (Å²) in [5.74, 6) is -0.948. The number of imidazole rings is 1. The molecule has 0 aliphatic carbocycles. The lowest BCUT2D eigenvalue weighted by molar-refractivity contribution is -0.144. The van der Waals surface area contributed by atoms with E-state index in [2.05, 4.69) is 9.97 Å². The number of nitrogens with one attached hydrogen (secondary N) is 1. The summed E-state index contributed by atoms with van der Waals surface area (Å²) in [5.41, 5.74) is 0.768. The second kappa shape index (κ2) is 3.11. The SMILES string of the molecule is FC(F)(F)c1nc2c(I)cccc2[nH]1. The molecule has 1 aromatic carbocycles. The summed E-state index contributed by atoms with van der Waals surface area (Å²) in [6, 6.07) is 4.96. The molecule has 0 amide bonds. The third-order valence-corrected chi connectivity index (χ3v) is 2.60. The summed E-state index contributed by atoms with van der Waals surface area (Å²) < 4.78 is 37.5. The van der Waals surface area contributed by atoms with E-state index in [0.29, 0.717) is 14.6 Å². The van der Waals surface area contributed by atoms with E-state index in [1.807, 2.05) is 22.6 Å². The molecule has 0 saturated carbocycles. The number of fused-ring (bicyclic) bond motifs is 1. The molecule has 1 heterocycles. The zero-order valence-corrected chi connectivity index (χ0v) is 8.85. The van der Waals surface area contributed by atoms with E-state index in [9.17, 15) is 13.2 Å². The molecule has 0 aliphatic rings. The molecule has 0 saturated heterocycles. The van der Waals surface area contributed by atoms with Crippen LogP contribution in [0.25, 0.3) is 11.0 Å². The minimum absolute atomic E-state index is 0.362. The van der Waals surface area contributed by atoms with Gasteiger partial charge in [0, 0.05) is 3.57 Å². The van der Waals surface area contributed by atoms with Crippen molar-refractivity contribution in [2.24, 2.45) is 0 Å². The molecule has 2 aromatic rings. The minimum atomic E-state index is -4.41. The molecule has 2 rings (SSSR count). The van der Waals surface area contributed by atoms with Crippen molar-refractivity contribution in [1.29, 1.82) is 0 Å². The van der Waals surface area contributed by atoms with Crippen molar-refractivity contribution in [3.8, 4) is 0 Å². The number of para-hydroxylation sites is 1. The summed E-state index contributed by atoms with van der Waals surface area (Å²) in [5, 5.41) is 0. The van der Waals surface area contributed by atoms with E-state index >= 15 is 0 Å². The van der Waals surface area contributed by atoms with Crippen molar-refractivity contribution in [2.75, 3.05) is 0 Å². The van der Waals surface area contributed by atoms with Crippen LogP contribution in [-0.2, 0) is 6.18 Å². The van der Waals surface area contributed by atoms with Crippen LogP contribution >= 0.6 is 22.6 Å². The molecule has 0 radical (unpaired) electrons. The van der Waals surface area contributed by atoms with Crippen LogP contribution in [0.2, 0.25) is 0 Å². The molecule has 74 valence electrons. The molecular weight excluding hydrogens is 308 g/mol. The number of rotatable bonds is 0. The summed E-state index contributed by atoms with van der Waals surface area (Å²) in [4.78, 5) is 5.73. The number of hydrogen-bond acceptors (Lipinski definition) is 1. The first-order valence-corrected chi connectivity index (χ1v) is 4.78. The van der Waals surface area contributed by atoms with Crippen molar-refractivity contribution in [2.45, 2.75) is 6.18 Å². The van der Waals surface area contributed by atoms with Crippen LogP contribution in [0.4, 0.5) is 13.2 Å². The summed E-state index contributed by atoms with van der Waals surface area (Å²) in [6.45, 7) is 0. The van der Waals surface area contributed by atoms with Crippen molar-refractivity contribution in [1.82, 2.24) is 9.97 Å². The van der Waals surface area contributed by atoms with Gasteiger partial charge in [0.1, 0.15) is 5.52 Å². The highest BCUT2D eigenvalue weighted by molar-refractivity contribution is 14.1. The van der Waals surface area contributed by atoms with Gasteiger partial charge < -0.3 is 4.98 Å². The van der Waals surface area contributed by atoms with E-state index in [4.69, 9.17) is 0 Å². The number of H-pyrrole nitrogens is 1. The molecule has 0 atom stereocenters. The molecule has 0 bridgehead atoms. The smallest absolute Gasteiger partial charge is 0.334 e. The van der Waals surface area contributed by atoms with Crippen LogP contribution in [0.5, 0.6) is 0 Å². The summed E-state index contributed by atoms with van der Waals surface area (Å²) >= 11 is 1.95. The van der Waals surface area contributed by atoms with Crippen molar-refractivity contribution in [3.63, 3.8) is 0 Å². The van der Waals surface area contributed by atoms with Gasteiger partial charge in [-0.3, -0.25) is 0 Å². The lowest BCUT2D eigenvalue weighted by atomic mass is 10.3. The third kappa shape index (κ3) is 1.58. The molecule has 0 aliphatic heterocycles. The number of aromatic amines is 1. The van der Waals surface area contributed by atoms with Crippen LogP contribution in [-0.4, -0.2) is 9.97 Å². The van der Waals surface area contributed by atoms with E-state index in [-0.39, 0.29) is 0 Å². The van der Waals surface area contributed by atoms with Gasteiger partial charge in [-0.2, -0.15) is 13.2 Å². The first kappa shape index (κ1) is 9.75. The quantitative estimate of drug-likeness (QED) is 0.744. The normalized spacial score (nSPS) is 12.3. The van der Waals surface area contributed by atoms with Gasteiger partial charge in [0.2, 0.25) is 5.82 Å². The monoisotopic (exact) mass is 312 g/mol. The zero-order chi connectivity index (χ0) is 10.3. The highest BCUT2D eigenvalue weighted by Crippen LogP contribution is 2.29. The first-order valence-electron chi connectivity index (χ1n) is 3.70. The van der Waals surface area contributed by atoms with E-state index < -0.39 is 12.0 Å². The molecule has 14 heavy (non-hydrogen) atoms. The Labute approximate surface area is 90.7 Å². The minimum Gasteiger partial charge on any atom is -0.334 e. The van der Waals surface area contributed by atoms with E-state index in [1.165, 1.54) is 0 Å². The first-order chi connectivity index (χ1) is 6.48. The topological polar surface area (TPSA) is 28.7 Å². The molecule has 1 aromatic heterocycles. The van der Waals surface area contributed by atoms with Gasteiger partial charge in [-0.25, -0.2) is 4.98 Å². The molecular formula is C8H4F3IN2. The molecule has 1 N–H and O–H groups in total. The van der Waals surface area contributed by atoms with Crippen LogP contribution < -0.4 is 0 Å². The van der Waals surface area contributed by atoms with Gasteiger partial charge in [-0.05, 0) is 34.7 Å². The lowest BCUT2D eigenvalue weighted by Gasteiger charge is -1.98. The van der Waals surface area contributed by atoms with Crippen LogP contribution in [0.1, 0.15) is 5.82 Å². The third-order valence-electron chi connectivity index (χ3n) is 1.73. The molecule has 0 fully saturated rings. The average molecular weight is 312 g/mol. The number of alkyl halides is 3. The highest BCUT2D eigenvalue weighted by atomic mass is 127. The number of halogens is 4. The Bertz CT molecular complexity index is 475. The maximum absolute atomic E-state index is 12.3. The van der Waals surface area contributed by atoms with Gasteiger partial charge in [-0.1, -0.05) is 6.07 Å². The fourth-order valence-corrected chi connectivity index (χ4v) is 1.75. The molecule has 0 unspecified atom stereocenters. The Morgan fingerprint density at radius 1 is 1.29 bits per heavy atom. The number of benzene rings is 1. The van der Waals surface area contributed by atoms with Crippen molar-refractivity contribution >= 4 is 33.6 Å². The van der Waals surface area contributed by atoms with Gasteiger partial charge in [0.15, 0.2) is 0 Å². The number of aromatic nitrogens is 2. The van der Waals surface area contributed by atoms with E-state index in [1.54, 1.807) is 18.2 Å². The summed E-state index contributed by atoms with van der Waals surface area (Å²) in [6.07, 6.45) is -4.41. The van der Waals surface area contributed by atoms with E-state index in [0.717, 1.165) is 0 Å². The van der Waals surface area contributed by atoms with Gasteiger partial charge >= 0.3 is 6.18 Å². The Morgan fingerprint density at radius 3 is 2.57 bits per heavy atom. The Morgan fingerprint density at radius 2 is 2.00 bits per heavy atom. The van der Waals surface area contributed by atoms with Gasteiger partial charge in [0.05, 0.1) is 5.52 Å². The largest absolute Gasteiger partial charge is 0.449 e. The van der Waals surface area contributed by atoms with Gasteiger partial charge in [0.25, 0.3) is 0 Å². The fourth-order valence-electron chi connectivity index (χ4n) is 1.13. The molecule has 6 heteroatoms. The van der Waals surface area contributed by atoms with Crippen LogP contribution in [0.15, 0.2) is 18.2 Å².